The number of rotatable bonds is 3. The van der Waals surface area contributed by atoms with Gasteiger partial charge in [0.15, 0.2) is 0 Å². The first-order valence-electron chi connectivity index (χ1n) is 5.20. The van der Waals surface area contributed by atoms with Crippen molar-refractivity contribution in [1.29, 1.82) is 0 Å². The molecule has 1 aliphatic rings. The summed E-state index contributed by atoms with van der Waals surface area (Å²) in [4.78, 5) is 24.5. The van der Waals surface area contributed by atoms with Gasteiger partial charge in [-0.15, -0.1) is 6.58 Å². The van der Waals surface area contributed by atoms with E-state index in [0.29, 0.717) is 12.8 Å². The second kappa shape index (κ2) is 5.53. The SMILES string of the molecule is C=CC[C@H]1CC[C@@H](C(=O)OC)N1C(=O)OC. The van der Waals surface area contributed by atoms with Gasteiger partial charge in [-0.1, -0.05) is 6.08 Å². The van der Waals surface area contributed by atoms with Gasteiger partial charge < -0.3 is 9.47 Å². The van der Waals surface area contributed by atoms with E-state index < -0.39 is 18.1 Å². The summed E-state index contributed by atoms with van der Waals surface area (Å²) in [6.07, 6.45) is 3.28. The number of carbonyl (C=O) groups is 2. The van der Waals surface area contributed by atoms with Gasteiger partial charge in [0.25, 0.3) is 0 Å². The van der Waals surface area contributed by atoms with Crippen LogP contribution in [-0.2, 0) is 14.3 Å². The van der Waals surface area contributed by atoms with Gasteiger partial charge in [0, 0.05) is 6.04 Å². The van der Waals surface area contributed by atoms with Crippen molar-refractivity contribution in [1.82, 2.24) is 4.90 Å². The molecule has 1 heterocycles. The standard InChI is InChI=1S/C11H17NO4/c1-4-5-8-6-7-9(10(13)15-2)12(8)11(14)16-3/h4,8-9H,1,5-7H2,2-3H3/t8-,9-/m0/s1. The Hall–Kier alpha value is -1.52. The number of hydrogen-bond acceptors (Lipinski definition) is 4. The topological polar surface area (TPSA) is 55.8 Å². The largest absolute Gasteiger partial charge is 0.467 e. The number of likely N-dealkylation sites (tertiary alicyclic amines) is 1. The summed E-state index contributed by atoms with van der Waals surface area (Å²) in [7, 11) is 2.62. The monoisotopic (exact) mass is 227 g/mol. The first kappa shape index (κ1) is 12.5. The van der Waals surface area contributed by atoms with Gasteiger partial charge in [-0.05, 0) is 19.3 Å². The molecule has 0 aromatic carbocycles. The van der Waals surface area contributed by atoms with E-state index in [-0.39, 0.29) is 6.04 Å². The molecule has 0 N–H and O–H groups in total. The minimum Gasteiger partial charge on any atom is -0.467 e. The van der Waals surface area contributed by atoms with Crippen LogP contribution in [0.3, 0.4) is 0 Å². The summed E-state index contributed by atoms with van der Waals surface area (Å²) in [6, 6.07) is -0.545. The highest BCUT2D eigenvalue weighted by Gasteiger charge is 2.41. The molecule has 5 heteroatoms. The highest BCUT2D eigenvalue weighted by atomic mass is 16.5. The highest BCUT2D eigenvalue weighted by molar-refractivity contribution is 5.82. The van der Waals surface area contributed by atoms with Gasteiger partial charge in [0.2, 0.25) is 0 Å². The molecule has 0 saturated carbocycles. The molecule has 1 fully saturated rings. The quantitative estimate of drug-likeness (QED) is 0.539. The van der Waals surface area contributed by atoms with Gasteiger partial charge in [-0.25, -0.2) is 9.59 Å². The average Bonchev–Trinajstić information content (AvgIpc) is 2.71. The van der Waals surface area contributed by atoms with Gasteiger partial charge in [-0.2, -0.15) is 0 Å². The third-order valence-electron chi connectivity index (χ3n) is 2.80. The van der Waals surface area contributed by atoms with Crippen molar-refractivity contribution in [2.24, 2.45) is 0 Å². The number of esters is 1. The van der Waals surface area contributed by atoms with E-state index in [1.807, 2.05) is 0 Å². The smallest absolute Gasteiger partial charge is 0.410 e. The van der Waals surface area contributed by atoms with Crippen LogP contribution in [-0.4, -0.2) is 43.3 Å². The lowest BCUT2D eigenvalue weighted by atomic mass is 10.1. The normalized spacial score (nSPS) is 24.0. The maximum Gasteiger partial charge on any atom is 0.410 e. The van der Waals surface area contributed by atoms with E-state index in [1.54, 1.807) is 6.08 Å². The van der Waals surface area contributed by atoms with Gasteiger partial charge in [0.05, 0.1) is 14.2 Å². The molecular weight excluding hydrogens is 210 g/mol. The molecule has 0 spiro atoms. The number of hydrogen-bond donors (Lipinski definition) is 0. The Kier molecular flexibility index (Phi) is 4.34. The first-order chi connectivity index (χ1) is 7.65. The fourth-order valence-electron chi connectivity index (χ4n) is 2.06. The van der Waals surface area contributed by atoms with E-state index >= 15 is 0 Å². The maximum atomic E-state index is 11.6. The van der Waals surface area contributed by atoms with Gasteiger partial charge in [-0.3, -0.25) is 4.90 Å². The molecule has 0 aromatic heterocycles. The Balaban J connectivity index is 2.82. The van der Waals surface area contributed by atoms with Crippen LogP contribution in [0.25, 0.3) is 0 Å². The van der Waals surface area contributed by atoms with Crippen molar-refractivity contribution in [2.75, 3.05) is 14.2 Å². The van der Waals surface area contributed by atoms with Crippen molar-refractivity contribution >= 4 is 12.1 Å². The van der Waals surface area contributed by atoms with Crippen LogP contribution in [0, 0.1) is 0 Å². The lowest BCUT2D eigenvalue weighted by molar-refractivity contribution is -0.145. The second-order valence-corrected chi connectivity index (χ2v) is 3.67. The predicted molar refractivity (Wildman–Crippen MR) is 57.9 cm³/mol. The Labute approximate surface area is 95.0 Å². The van der Waals surface area contributed by atoms with E-state index in [0.717, 1.165) is 6.42 Å². The zero-order valence-electron chi connectivity index (χ0n) is 9.64. The molecule has 90 valence electrons. The highest BCUT2D eigenvalue weighted by Crippen LogP contribution is 2.28. The van der Waals surface area contributed by atoms with Crippen molar-refractivity contribution in [3.63, 3.8) is 0 Å². The predicted octanol–water partition coefficient (Wildman–Crippen LogP) is 1.33. The van der Waals surface area contributed by atoms with E-state index in [4.69, 9.17) is 0 Å². The second-order valence-electron chi connectivity index (χ2n) is 3.67. The molecule has 0 unspecified atom stereocenters. The molecule has 1 rings (SSSR count). The number of methoxy groups -OCH3 is 2. The summed E-state index contributed by atoms with van der Waals surface area (Å²) in [5.74, 6) is -0.392. The number of nitrogens with zero attached hydrogens (tertiary/aromatic N) is 1. The van der Waals surface area contributed by atoms with Crippen LogP contribution >= 0.6 is 0 Å². The van der Waals surface area contributed by atoms with Crippen LogP contribution < -0.4 is 0 Å². The number of amides is 1. The Bertz CT molecular complexity index is 290. The summed E-state index contributed by atoms with van der Waals surface area (Å²) in [5.41, 5.74) is 0. The lowest BCUT2D eigenvalue weighted by Crippen LogP contribution is -2.45. The van der Waals surface area contributed by atoms with Crippen molar-refractivity contribution in [3.8, 4) is 0 Å². The summed E-state index contributed by atoms with van der Waals surface area (Å²) in [5, 5.41) is 0. The minimum absolute atomic E-state index is 0.0194. The molecule has 1 aliphatic heterocycles. The molecule has 0 aromatic rings. The summed E-state index contributed by atoms with van der Waals surface area (Å²) >= 11 is 0. The van der Waals surface area contributed by atoms with Gasteiger partial charge in [0.1, 0.15) is 6.04 Å². The number of ether oxygens (including phenoxy) is 2. The van der Waals surface area contributed by atoms with Crippen LogP contribution in [0.1, 0.15) is 19.3 Å². The Morgan fingerprint density at radius 3 is 2.56 bits per heavy atom. The average molecular weight is 227 g/mol. The van der Waals surface area contributed by atoms with Crippen molar-refractivity contribution < 1.29 is 19.1 Å². The van der Waals surface area contributed by atoms with Gasteiger partial charge >= 0.3 is 12.1 Å². The molecule has 5 nitrogen and oxygen atoms in total. The van der Waals surface area contributed by atoms with Crippen molar-refractivity contribution in [3.05, 3.63) is 12.7 Å². The fourth-order valence-corrected chi connectivity index (χ4v) is 2.06. The molecular formula is C11H17NO4. The lowest BCUT2D eigenvalue weighted by Gasteiger charge is -2.26. The first-order valence-corrected chi connectivity index (χ1v) is 5.20. The Morgan fingerprint density at radius 1 is 1.38 bits per heavy atom. The third-order valence-corrected chi connectivity index (χ3v) is 2.80. The molecule has 2 atom stereocenters. The minimum atomic E-state index is -0.526. The van der Waals surface area contributed by atoms with Crippen LogP contribution in [0.2, 0.25) is 0 Å². The number of carbonyl (C=O) groups excluding carboxylic acids is 2. The molecule has 1 saturated heterocycles. The van der Waals surface area contributed by atoms with Crippen LogP contribution in [0.5, 0.6) is 0 Å². The molecule has 1 amide bonds. The van der Waals surface area contributed by atoms with Crippen molar-refractivity contribution in [2.45, 2.75) is 31.3 Å². The van der Waals surface area contributed by atoms with Crippen LogP contribution in [0.4, 0.5) is 4.79 Å². The van der Waals surface area contributed by atoms with Crippen LogP contribution in [0.15, 0.2) is 12.7 Å². The maximum absolute atomic E-state index is 11.6. The van der Waals surface area contributed by atoms with E-state index in [1.165, 1.54) is 19.1 Å². The molecule has 0 bridgehead atoms. The Morgan fingerprint density at radius 2 is 2.06 bits per heavy atom. The third kappa shape index (κ3) is 2.35. The molecule has 0 radical (unpaired) electrons. The fraction of sp³-hybridized carbons (Fsp3) is 0.636. The van der Waals surface area contributed by atoms with E-state index in [9.17, 15) is 9.59 Å². The summed E-state index contributed by atoms with van der Waals surface area (Å²) < 4.78 is 9.35. The van der Waals surface area contributed by atoms with E-state index in [2.05, 4.69) is 16.1 Å². The molecule has 16 heavy (non-hydrogen) atoms. The zero-order valence-corrected chi connectivity index (χ0v) is 9.64. The zero-order chi connectivity index (χ0) is 12.1. The summed E-state index contributed by atoms with van der Waals surface area (Å²) in [6.45, 7) is 3.64. The molecule has 0 aliphatic carbocycles.